The molecule has 20 heavy (non-hydrogen) atoms. The number of hydrogen-bond donors (Lipinski definition) is 2. The quantitative estimate of drug-likeness (QED) is 0.865. The van der Waals surface area contributed by atoms with Crippen LogP contribution in [0, 0.1) is 0 Å². The Hall–Kier alpha value is -0.620. The SMILES string of the molecule is CCc1cc(Br)ccc1NC(=O)CC1COCCN1.Cl. The van der Waals surface area contributed by atoms with Crippen LogP contribution in [0.3, 0.4) is 0 Å². The molecule has 4 nitrogen and oxygen atoms in total. The molecule has 1 aromatic rings. The van der Waals surface area contributed by atoms with Crippen molar-refractivity contribution >= 4 is 39.9 Å². The molecule has 0 radical (unpaired) electrons. The number of nitrogens with one attached hydrogen (secondary N) is 2. The molecule has 0 bridgehead atoms. The Bertz CT molecular complexity index is 451. The molecule has 1 heterocycles. The Labute approximate surface area is 134 Å². The number of carbonyl (C=O) groups excluding carboxylic acids is 1. The molecule has 1 amide bonds. The van der Waals surface area contributed by atoms with Gasteiger partial charge in [0.15, 0.2) is 0 Å². The van der Waals surface area contributed by atoms with Crippen LogP contribution in [-0.2, 0) is 16.0 Å². The standard InChI is InChI=1S/C14H19BrN2O2.ClH/c1-2-10-7-11(15)3-4-13(10)17-14(18)8-12-9-19-6-5-16-12;/h3-4,7,12,16H,2,5-6,8-9H2,1H3,(H,17,18);1H. The van der Waals surface area contributed by atoms with Crippen LogP contribution < -0.4 is 10.6 Å². The Morgan fingerprint density at radius 2 is 2.35 bits per heavy atom. The average Bonchev–Trinajstić information content (AvgIpc) is 2.42. The predicted octanol–water partition coefficient (Wildman–Crippen LogP) is 2.75. The topological polar surface area (TPSA) is 50.4 Å². The highest BCUT2D eigenvalue weighted by Gasteiger charge is 2.17. The lowest BCUT2D eigenvalue weighted by Gasteiger charge is -2.23. The van der Waals surface area contributed by atoms with Crippen LogP contribution in [-0.4, -0.2) is 31.7 Å². The number of rotatable bonds is 4. The number of carbonyl (C=O) groups is 1. The number of morpholine rings is 1. The van der Waals surface area contributed by atoms with Crippen LogP contribution in [0.2, 0.25) is 0 Å². The van der Waals surface area contributed by atoms with Crippen LogP contribution in [0.1, 0.15) is 18.9 Å². The molecule has 1 aliphatic rings. The normalized spacial score (nSPS) is 18.2. The first-order valence-electron chi connectivity index (χ1n) is 6.58. The van der Waals surface area contributed by atoms with Gasteiger partial charge in [0, 0.05) is 29.2 Å². The van der Waals surface area contributed by atoms with E-state index < -0.39 is 0 Å². The highest BCUT2D eigenvalue weighted by atomic mass is 79.9. The molecule has 0 saturated carbocycles. The third-order valence-electron chi connectivity index (χ3n) is 3.15. The van der Waals surface area contributed by atoms with Gasteiger partial charge in [-0.3, -0.25) is 4.79 Å². The third-order valence-corrected chi connectivity index (χ3v) is 3.65. The molecule has 112 valence electrons. The molecule has 0 spiro atoms. The fourth-order valence-corrected chi connectivity index (χ4v) is 2.56. The number of halogens is 2. The Kier molecular flexibility index (Phi) is 7.51. The monoisotopic (exact) mass is 362 g/mol. The van der Waals surface area contributed by atoms with Gasteiger partial charge in [0.2, 0.25) is 5.91 Å². The fraction of sp³-hybridized carbons (Fsp3) is 0.500. The summed E-state index contributed by atoms with van der Waals surface area (Å²) in [7, 11) is 0. The highest BCUT2D eigenvalue weighted by Crippen LogP contribution is 2.21. The van der Waals surface area contributed by atoms with Crippen LogP contribution in [0.4, 0.5) is 5.69 Å². The zero-order valence-electron chi connectivity index (χ0n) is 11.4. The second-order valence-corrected chi connectivity index (χ2v) is 5.55. The van der Waals surface area contributed by atoms with Crippen molar-refractivity contribution in [2.24, 2.45) is 0 Å². The minimum Gasteiger partial charge on any atom is -0.378 e. The Balaban J connectivity index is 0.00000200. The molecule has 1 aromatic carbocycles. The van der Waals surface area contributed by atoms with E-state index in [1.807, 2.05) is 18.2 Å². The lowest BCUT2D eigenvalue weighted by Crippen LogP contribution is -2.43. The lowest BCUT2D eigenvalue weighted by atomic mass is 10.1. The number of hydrogen-bond acceptors (Lipinski definition) is 3. The first kappa shape index (κ1) is 17.4. The number of aryl methyl sites for hydroxylation is 1. The van der Waals surface area contributed by atoms with Crippen molar-refractivity contribution in [2.75, 3.05) is 25.1 Å². The second-order valence-electron chi connectivity index (χ2n) is 4.63. The molecule has 0 aliphatic carbocycles. The fourth-order valence-electron chi connectivity index (χ4n) is 2.15. The lowest BCUT2D eigenvalue weighted by molar-refractivity contribution is -0.117. The highest BCUT2D eigenvalue weighted by molar-refractivity contribution is 9.10. The number of amides is 1. The summed E-state index contributed by atoms with van der Waals surface area (Å²) < 4.78 is 6.38. The van der Waals surface area contributed by atoms with Crippen LogP contribution >= 0.6 is 28.3 Å². The van der Waals surface area contributed by atoms with Gasteiger partial charge in [0.1, 0.15) is 0 Å². The summed E-state index contributed by atoms with van der Waals surface area (Å²) in [5, 5.41) is 6.26. The van der Waals surface area contributed by atoms with Crippen molar-refractivity contribution in [3.05, 3.63) is 28.2 Å². The smallest absolute Gasteiger partial charge is 0.226 e. The minimum absolute atomic E-state index is 0. The molecule has 2 N–H and O–H groups in total. The third kappa shape index (κ3) is 5.05. The molecule has 1 aliphatic heterocycles. The summed E-state index contributed by atoms with van der Waals surface area (Å²) >= 11 is 3.44. The average molecular weight is 364 g/mol. The minimum atomic E-state index is 0. The van der Waals surface area contributed by atoms with Gasteiger partial charge in [-0.05, 0) is 30.2 Å². The summed E-state index contributed by atoms with van der Waals surface area (Å²) in [6.07, 6.45) is 1.33. The van der Waals surface area contributed by atoms with Crippen molar-refractivity contribution in [3.63, 3.8) is 0 Å². The summed E-state index contributed by atoms with van der Waals surface area (Å²) in [5.41, 5.74) is 2.03. The summed E-state index contributed by atoms with van der Waals surface area (Å²) in [6, 6.07) is 6.04. The Morgan fingerprint density at radius 1 is 1.55 bits per heavy atom. The first-order valence-corrected chi connectivity index (χ1v) is 7.37. The molecule has 1 saturated heterocycles. The first-order chi connectivity index (χ1) is 9.19. The second kappa shape index (κ2) is 8.62. The maximum absolute atomic E-state index is 12.0. The van der Waals surface area contributed by atoms with E-state index in [1.54, 1.807) is 0 Å². The zero-order chi connectivity index (χ0) is 13.7. The molecular formula is C14H20BrClN2O2. The van der Waals surface area contributed by atoms with Crippen LogP contribution in [0.5, 0.6) is 0 Å². The number of benzene rings is 1. The van der Waals surface area contributed by atoms with E-state index in [9.17, 15) is 4.79 Å². The summed E-state index contributed by atoms with van der Waals surface area (Å²) in [5.74, 6) is 0.0278. The van der Waals surface area contributed by atoms with Gasteiger partial charge in [-0.1, -0.05) is 22.9 Å². The molecule has 1 atom stereocenters. The molecule has 0 aromatic heterocycles. The summed E-state index contributed by atoms with van der Waals surface area (Å²) in [6.45, 7) is 4.23. The van der Waals surface area contributed by atoms with Crippen molar-refractivity contribution in [1.82, 2.24) is 5.32 Å². The van der Waals surface area contributed by atoms with Gasteiger partial charge in [0.25, 0.3) is 0 Å². The van der Waals surface area contributed by atoms with Crippen LogP contribution in [0.25, 0.3) is 0 Å². The van der Waals surface area contributed by atoms with Crippen molar-refractivity contribution < 1.29 is 9.53 Å². The largest absolute Gasteiger partial charge is 0.378 e. The zero-order valence-corrected chi connectivity index (χ0v) is 13.9. The molecule has 1 unspecified atom stereocenters. The van der Waals surface area contributed by atoms with Crippen molar-refractivity contribution in [2.45, 2.75) is 25.8 Å². The van der Waals surface area contributed by atoms with E-state index in [0.717, 1.165) is 35.3 Å². The summed E-state index contributed by atoms with van der Waals surface area (Å²) in [4.78, 5) is 12.0. The molecular weight excluding hydrogens is 344 g/mol. The number of anilines is 1. The predicted molar refractivity (Wildman–Crippen MR) is 86.6 cm³/mol. The van der Waals surface area contributed by atoms with E-state index in [4.69, 9.17) is 4.74 Å². The van der Waals surface area contributed by atoms with E-state index in [-0.39, 0.29) is 24.4 Å². The maximum Gasteiger partial charge on any atom is 0.226 e. The van der Waals surface area contributed by atoms with Gasteiger partial charge in [0.05, 0.1) is 13.2 Å². The van der Waals surface area contributed by atoms with E-state index in [0.29, 0.717) is 13.0 Å². The van der Waals surface area contributed by atoms with Crippen LogP contribution in [0.15, 0.2) is 22.7 Å². The van der Waals surface area contributed by atoms with Gasteiger partial charge in [-0.2, -0.15) is 0 Å². The van der Waals surface area contributed by atoms with Crippen molar-refractivity contribution in [3.8, 4) is 0 Å². The van der Waals surface area contributed by atoms with E-state index in [1.165, 1.54) is 0 Å². The van der Waals surface area contributed by atoms with Crippen molar-refractivity contribution in [1.29, 1.82) is 0 Å². The van der Waals surface area contributed by atoms with Gasteiger partial charge in [-0.25, -0.2) is 0 Å². The van der Waals surface area contributed by atoms with Gasteiger partial charge >= 0.3 is 0 Å². The van der Waals surface area contributed by atoms with E-state index >= 15 is 0 Å². The molecule has 2 rings (SSSR count). The number of ether oxygens (including phenoxy) is 1. The maximum atomic E-state index is 12.0. The molecule has 1 fully saturated rings. The van der Waals surface area contributed by atoms with E-state index in [2.05, 4.69) is 33.5 Å². The Morgan fingerprint density at radius 3 is 3.00 bits per heavy atom. The van der Waals surface area contributed by atoms with Gasteiger partial charge in [-0.15, -0.1) is 12.4 Å². The molecule has 6 heteroatoms. The van der Waals surface area contributed by atoms with Gasteiger partial charge < -0.3 is 15.4 Å².